The third-order valence-electron chi connectivity index (χ3n) is 6.59. The number of amides is 2. The first kappa shape index (κ1) is 15.7. The average Bonchev–Trinajstić information content (AvgIpc) is 3.39. The molecule has 1 saturated heterocycles. The number of carbonyl (C=O) groups excluding carboxylic acids is 2. The van der Waals surface area contributed by atoms with Crippen molar-refractivity contribution in [3.8, 4) is 11.5 Å². The predicted molar refractivity (Wildman–Crippen MR) is 90.8 cm³/mol. The Kier molecular flexibility index (Phi) is 3.14. The van der Waals surface area contributed by atoms with Gasteiger partial charge in [0.1, 0.15) is 17.6 Å². The van der Waals surface area contributed by atoms with Crippen LogP contribution in [0.4, 0.5) is 0 Å². The fourth-order valence-electron chi connectivity index (χ4n) is 5.51. The fraction of sp³-hybridized carbons (Fsp3) is 0.526. The smallest absolute Gasteiger partial charge is 0.233 e. The SMILES string of the molecule is COc1ccc(OC)c(C2=NO[C@@H]3[C@@H]4C[C@@H]([C@H]5C(=O)N(C)C(=O)[C@@H]45)[C@H]23)c1. The molecule has 5 rings (SSSR count). The summed E-state index contributed by atoms with van der Waals surface area (Å²) in [4.78, 5) is 32.2. The van der Waals surface area contributed by atoms with E-state index in [4.69, 9.17) is 14.3 Å². The summed E-state index contributed by atoms with van der Waals surface area (Å²) in [6.45, 7) is 0. The molecule has 2 aliphatic carbocycles. The van der Waals surface area contributed by atoms with Gasteiger partial charge in [0.2, 0.25) is 11.8 Å². The van der Waals surface area contributed by atoms with Crippen molar-refractivity contribution in [2.75, 3.05) is 21.3 Å². The summed E-state index contributed by atoms with van der Waals surface area (Å²) in [7, 11) is 4.81. The summed E-state index contributed by atoms with van der Waals surface area (Å²) in [5.74, 6) is 0.909. The Morgan fingerprint density at radius 1 is 1.08 bits per heavy atom. The van der Waals surface area contributed by atoms with E-state index in [1.807, 2.05) is 18.2 Å². The van der Waals surface area contributed by atoms with E-state index in [1.54, 1.807) is 21.3 Å². The molecule has 2 saturated carbocycles. The highest BCUT2D eigenvalue weighted by Crippen LogP contribution is 2.61. The molecule has 3 fully saturated rings. The van der Waals surface area contributed by atoms with Crippen LogP contribution in [0.2, 0.25) is 0 Å². The number of fused-ring (bicyclic) bond motifs is 8. The Labute approximate surface area is 150 Å². The van der Waals surface area contributed by atoms with Crippen LogP contribution in [-0.2, 0) is 14.4 Å². The monoisotopic (exact) mass is 356 g/mol. The highest BCUT2D eigenvalue weighted by atomic mass is 16.6. The molecule has 1 aromatic rings. The number of methoxy groups -OCH3 is 2. The van der Waals surface area contributed by atoms with E-state index in [2.05, 4.69) is 5.16 Å². The number of rotatable bonds is 3. The Balaban J connectivity index is 1.55. The lowest BCUT2D eigenvalue weighted by molar-refractivity contribution is -0.139. The molecular formula is C19H20N2O5. The van der Waals surface area contributed by atoms with Gasteiger partial charge in [0.05, 0.1) is 31.8 Å². The molecule has 136 valence electrons. The van der Waals surface area contributed by atoms with Crippen molar-refractivity contribution in [3.63, 3.8) is 0 Å². The van der Waals surface area contributed by atoms with E-state index in [-0.39, 0.29) is 47.5 Å². The van der Waals surface area contributed by atoms with Crippen molar-refractivity contribution in [2.45, 2.75) is 12.5 Å². The Morgan fingerprint density at radius 2 is 1.81 bits per heavy atom. The van der Waals surface area contributed by atoms with E-state index in [9.17, 15) is 9.59 Å². The van der Waals surface area contributed by atoms with E-state index < -0.39 is 0 Å². The molecule has 0 spiro atoms. The molecule has 2 bridgehead atoms. The number of benzene rings is 1. The minimum absolute atomic E-state index is 0.00510. The topological polar surface area (TPSA) is 77.4 Å². The van der Waals surface area contributed by atoms with Gasteiger partial charge >= 0.3 is 0 Å². The van der Waals surface area contributed by atoms with Crippen LogP contribution in [0.5, 0.6) is 11.5 Å². The Bertz CT molecular complexity index is 850. The summed E-state index contributed by atoms with van der Waals surface area (Å²) in [5, 5.41) is 4.36. The third kappa shape index (κ3) is 1.75. The highest BCUT2D eigenvalue weighted by molar-refractivity contribution is 6.09. The molecule has 0 radical (unpaired) electrons. The van der Waals surface area contributed by atoms with Gasteiger partial charge in [0.25, 0.3) is 0 Å². The van der Waals surface area contributed by atoms with E-state index >= 15 is 0 Å². The Hall–Kier alpha value is -2.57. The molecule has 0 unspecified atom stereocenters. The standard InChI is InChI=1S/C19H20N2O5/c1-21-18(22)13-10-7-11(14(13)19(21)23)17-15(10)16(20-26-17)9-6-8(24-2)4-5-12(9)25-3/h4-6,10-11,13-15,17H,7H2,1-3H3/t10-,11+,13+,14-,15+,17+/m0/s1. The normalized spacial score (nSPS) is 36.7. The second kappa shape index (κ2) is 5.22. The second-order valence-corrected chi connectivity index (χ2v) is 7.49. The maximum Gasteiger partial charge on any atom is 0.233 e. The van der Waals surface area contributed by atoms with E-state index in [0.717, 1.165) is 17.7 Å². The second-order valence-electron chi connectivity index (χ2n) is 7.49. The largest absolute Gasteiger partial charge is 0.497 e. The molecule has 0 aromatic heterocycles. The molecule has 7 heteroatoms. The number of imide groups is 1. The van der Waals surface area contributed by atoms with E-state index in [1.165, 1.54) is 4.90 Å². The minimum atomic E-state index is -0.250. The van der Waals surface area contributed by atoms with Gasteiger partial charge in [-0.05, 0) is 30.5 Å². The van der Waals surface area contributed by atoms with E-state index in [0.29, 0.717) is 11.5 Å². The first-order chi connectivity index (χ1) is 12.6. The van der Waals surface area contributed by atoms with Crippen molar-refractivity contribution >= 4 is 17.5 Å². The van der Waals surface area contributed by atoms with Gasteiger partial charge in [0, 0.05) is 24.4 Å². The van der Waals surface area contributed by atoms with Gasteiger partial charge in [-0.25, -0.2) is 0 Å². The first-order valence-electron chi connectivity index (χ1n) is 8.84. The average molecular weight is 356 g/mol. The molecule has 2 aliphatic heterocycles. The van der Waals surface area contributed by atoms with Gasteiger partial charge in [-0.3, -0.25) is 14.5 Å². The van der Waals surface area contributed by atoms with Crippen LogP contribution in [0.1, 0.15) is 12.0 Å². The van der Waals surface area contributed by atoms with Gasteiger partial charge < -0.3 is 14.3 Å². The molecule has 2 heterocycles. The minimum Gasteiger partial charge on any atom is -0.497 e. The van der Waals surface area contributed by atoms with Gasteiger partial charge in [-0.15, -0.1) is 0 Å². The van der Waals surface area contributed by atoms with Crippen LogP contribution in [0, 0.1) is 29.6 Å². The lowest BCUT2D eigenvalue weighted by Gasteiger charge is -2.30. The number of nitrogens with zero attached hydrogens (tertiary/aromatic N) is 2. The predicted octanol–water partition coefficient (Wildman–Crippen LogP) is 1.30. The highest BCUT2D eigenvalue weighted by Gasteiger charge is 2.70. The summed E-state index contributed by atoms with van der Waals surface area (Å²) in [5.41, 5.74) is 1.63. The maximum atomic E-state index is 12.6. The number of ether oxygens (including phenoxy) is 2. The third-order valence-corrected chi connectivity index (χ3v) is 6.59. The number of hydrogen-bond acceptors (Lipinski definition) is 6. The molecular weight excluding hydrogens is 336 g/mol. The zero-order valence-electron chi connectivity index (χ0n) is 14.8. The van der Waals surface area contributed by atoms with Gasteiger partial charge in [0.15, 0.2) is 0 Å². The van der Waals surface area contributed by atoms with Crippen molar-refractivity contribution in [1.29, 1.82) is 0 Å². The van der Waals surface area contributed by atoms with Crippen molar-refractivity contribution in [2.24, 2.45) is 34.7 Å². The maximum absolute atomic E-state index is 12.6. The van der Waals surface area contributed by atoms with Crippen LogP contribution in [0.25, 0.3) is 0 Å². The lowest BCUT2D eigenvalue weighted by Crippen LogP contribution is -2.41. The molecule has 4 aliphatic rings. The number of oxime groups is 1. The summed E-state index contributed by atoms with van der Waals surface area (Å²) >= 11 is 0. The summed E-state index contributed by atoms with van der Waals surface area (Å²) in [6.07, 6.45) is 0.691. The van der Waals surface area contributed by atoms with Crippen molar-refractivity contribution in [3.05, 3.63) is 23.8 Å². The molecule has 0 N–H and O–H groups in total. The quantitative estimate of drug-likeness (QED) is 0.763. The molecule has 7 nitrogen and oxygen atoms in total. The first-order valence-corrected chi connectivity index (χ1v) is 8.84. The molecule has 26 heavy (non-hydrogen) atoms. The summed E-state index contributed by atoms with van der Waals surface area (Å²) in [6, 6.07) is 5.57. The zero-order valence-corrected chi connectivity index (χ0v) is 14.8. The fourth-order valence-corrected chi connectivity index (χ4v) is 5.51. The van der Waals surface area contributed by atoms with Crippen molar-refractivity contribution in [1.82, 2.24) is 4.90 Å². The number of likely N-dealkylation sites (tertiary alicyclic amines) is 1. The van der Waals surface area contributed by atoms with Crippen LogP contribution >= 0.6 is 0 Å². The molecule has 1 aromatic carbocycles. The van der Waals surface area contributed by atoms with Gasteiger partial charge in [-0.2, -0.15) is 0 Å². The number of carbonyl (C=O) groups is 2. The van der Waals surface area contributed by atoms with Crippen molar-refractivity contribution < 1.29 is 23.9 Å². The Morgan fingerprint density at radius 3 is 2.50 bits per heavy atom. The zero-order chi connectivity index (χ0) is 18.2. The van der Waals surface area contributed by atoms with Crippen LogP contribution < -0.4 is 9.47 Å². The summed E-state index contributed by atoms with van der Waals surface area (Å²) < 4.78 is 10.9. The van der Waals surface area contributed by atoms with Gasteiger partial charge in [-0.1, -0.05) is 5.16 Å². The molecule has 2 amide bonds. The van der Waals surface area contributed by atoms with Crippen LogP contribution in [0.15, 0.2) is 23.4 Å². The van der Waals surface area contributed by atoms with Crippen LogP contribution in [0.3, 0.4) is 0 Å². The van der Waals surface area contributed by atoms with Crippen LogP contribution in [-0.4, -0.2) is 49.8 Å². The number of hydrogen-bond donors (Lipinski definition) is 0. The molecule has 6 atom stereocenters. The lowest BCUT2D eigenvalue weighted by atomic mass is 9.71.